The van der Waals surface area contributed by atoms with Crippen molar-refractivity contribution in [2.75, 3.05) is 5.32 Å². The van der Waals surface area contributed by atoms with E-state index in [0.29, 0.717) is 40.0 Å². The Morgan fingerprint density at radius 2 is 2.08 bits per heavy atom. The van der Waals surface area contributed by atoms with Gasteiger partial charge >= 0.3 is 0 Å². The number of fused-ring (bicyclic) bond motifs is 1. The van der Waals surface area contributed by atoms with Gasteiger partial charge in [-0.25, -0.2) is 9.97 Å². The van der Waals surface area contributed by atoms with E-state index >= 15 is 0 Å². The average molecular weight is 353 g/mol. The molecule has 126 valence electrons. The van der Waals surface area contributed by atoms with E-state index in [-0.39, 0.29) is 12.3 Å². The first kappa shape index (κ1) is 15.6. The highest BCUT2D eigenvalue weighted by molar-refractivity contribution is 7.13. The second-order valence-electron chi connectivity index (χ2n) is 5.64. The molecule has 0 radical (unpaired) electrons. The lowest BCUT2D eigenvalue weighted by Gasteiger charge is -2.03. The highest BCUT2D eigenvalue weighted by Crippen LogP contribution is 2.26. The van der Waals surface area contributed by atoms with Crippen LogP contribution < -0.4 is 5.32 Å². The molecule has 0 aliphatic rings. The molecule has 0 atom stereocenters. The lowest BCUT2D eigenvalue weighted by Crippen LogP contribution is -2.15. The summed E-state index contributed by atoms with van der Waals surface area (Å²) in [6.07, 6.45) is 0.149. The molecule has 0 saturated carbocycles. The monoisotopic (exact) mass is 353 g/mol. The summed E-state index contributed by atoms with van der Waals surface area (Å²) in [5.74, 6) is 1.64. The van der Waals surface area contributed by atoms with Crippen molar-refractivity contribution in [1.82, 2.24) is 9.97 Å². The van der Waals surface area contributed by atoms with Crippen LogP contribution in [0.3, 0.4) is 0 Å². The van der Waals surface area contributed by atoms with Gasteiger partial charge in [0.2, 0.25) is 11.8 Å². The van der Waals surface area contributed by atoms with Crippen LogP contribution in [0.1, 0.15) is 17.3 Å². The number of nitrogens with one attached hydrogen (secondary N) is 1. The predicted octanol–water partition coefficient (Wildman–Crippen LogP) is 4.34. The average Bonchev–Trinajstić information content (AvgIpc) is 3.27. The van der Waals surface area contributed by atoms with E-state index in [1.54, 1.807) is 36.5 Å². The molecule has 4 aromatic rings. The number of aromatic nitrogens is 2. The standard InChI is InChI=1S/C18H15N3O3S/c1-10-13(21-18(23-10)16-4-3-7-25-16)9-17(22)20-12-5-6-15-14(8-12)19-11(2)24-15/h3-8H,9H2,1-2H3,(H,20,22). The van der Waals surface area contributed by atoms with Crippen LogP contribution in [0.15, 0.2) is 44.5 Å². The van der Waals surface area contributed by atoms with Crippen molar-refractivity contribution in [3.05, 3.63) is 53.1 Å². The topological polar surface area (TPSA) is 81.2 Å². The Balaban J connectivity index is 1.49. The minimum atomic E-state index is -0.159. The number of thiophene rings is 1. The molecule has 4 rings (SSSR count). The Kier molecular flexibility index (Phi) is 3.85. The van der Waals surface area contributed by atoms with Gasteiger partial charge in [0, 0.05) is 12.6 Å². The summed E-state index contributed by atoms with van der Waals surface area (Å²) in [5.41, 5.74) is 2.72. The van der Waals surface area contributed by atoms with Gasteiger partial charge in [0.05, 0.1) is 17.0 Å². The van der Waals surface area contributed by atoms with Gasteiger partial charge in [0.15, 0.2) is 11.5 Å². The maximum atomic E-state index is 12.3. The number of rotatable bonds is 4. The quantitative estimate of drug-likeness (QED) is 0.590. The van der Waals surface area contributed by atoms with Gasteiger partial charge < -0.3 is 14.2 Å². The van der Waals surface area contributed by atoms with E-state index < -0.39 is 0 Å². The third-order valence-corrected chi connectivity index (χ3v) is 4.59. The van der Waals surface area contributed by atoms with E-state index in [2.05, 4.69) is 15.3 Å². The fourth-order valence-electron chi connectivity index (χ4n) is 2.58. The Morgan fingerprint density at radius 1 is 1.20 bits per heavy atom. The summed E-state index contributed by atoms with van der Waals surface area (Å²) in [6.45, 7) is 3.60. The fraction of sp³-hybridized carbons (Fsp3) is 0.167. The Hall–Kier alpha value is -2.93. The van der Waals surface area contributed by atoms with Crippen molar-refractivity contribution in [1.29, 1.82) is 0 Å². The van der Waals surface area contributed by atoms with Gasteiger partial charge in [-0.15, -0.1) is 11.3 Å². The smallest absolute Gasteiger partial charge is 0.236 e. The van der Waals surface area contributed by atoms with Crippen molar-refractivity contribution in [3.8, 4) is 10.8 Å². The van der Waals surface area contributed by atoms with Crippen molar-refractivity contribution >= 4 is 34.0 Å². The highest BCUT2D eigenvalue weighted by Gasteiger charge is 2.15. The summed E-state index contributed by atoms with van der Waals surface area (Å²) in [5, 5.41) is 4.82. The number of nitrogens with zero attached hydrogens (tertiary/aromatic N) is 2. The summed E-state index contributed by atoms with van der Waals surface area (Å²) < 4.78 is 11.1. The molecule has 7 heteroatoms. The molecule has 1 N–H and O–H groups in total. The molecule has 1 aromatic carbocycles. The summed E-state index contributed by atoms with van der Waals surface area (Å²) >= 11 is 1.55. The molecular formula is C18H15N3O3S. The van der Waals surface area contributed by atoms with Gasteiger partial charge in [-0.1, -0.05) is 6.07 Å². The molecule has 0 spiro atoms. The zero-order valence-corrected chi connectivity index (χ0v) is 14.5. The minimum Gasteiger partial charge on any atom is -0.441 e. The van der Waals surface area contributed by atoms with Crippen molar-refractivity contribution in [2.24, 2.45) is 0 Å². The van der Waals surface area contributed by atoms with Crippen LogP contribution in [0.2, 0.25) is 0 Å². The number of anilines is 1. The van der Waals surface area contributed by atoms with Gasteiger partial charge in [0.1, 0.15) is 11.3 Å². The number of hydrogen-bond donors (Lipinski definition) is 1. The number of amides is 1. The number of carbonyl (C=O) groups is 1. The first-order valence-electron chi connectivity index (χ1n) is 7.76. The van der Waals surface area contributed by atoms with Crippen LogP contribution in [0.25, 0.3) is 21.9 Å². The molecule has 25 heavy (non-hydrogen) atoms. The van der Waals surface area contributed by atoms with Crippen LogP contribution in [0, 0.1) is 13.8 Å². The number of benzene rings is 1. The zero-order chi connectivity index (χ0) is 17.4. The molecule has 0 fully saturated rings. The fourth-order valence-corrected chi connectivity index (χ4v) is 3.22. The summed E-state index contributed by atoms with van der Waals surface area (Å²) in [6, 6.07) is 9.25. The number of hydrogen-bond acceptors (Lipinski definition) is 6. The van der Waals surface area contributed by atoms with E-state index in [0.717, 1.165) is 4.88 Å². The molecule has 0 unspecified atom stereocenters. The molecular weight excluding hydrogens is 338 g/mol. The van der Waals surface area contributed by atoms with Crippen LogP contribution >= 0.6 is 11.3 Å². The molecule has 3 heterocycles. The number of carbonyl (C=O) groups excluding carboxylic acids is 1. The molecule has 0 bridgehead atoms. The molecule has 0 aliphatic carbocycles. The summed E-state index contributed by atoms with van der Waals surface area (Å²) in [4.78, 5) is 22.0. The lowest BCUT2D eigenvalue weighted by molar-refractivity contribution is -0.115. The molecule has 0 aliphatic heterocycles. The van der Waals surface area contributed by atoms with Crippen LogP contribution in [-0.4, -0.2) is 15.9 Å². The van der Waals surface area contributed by atoms with Gasteiger partial charge in [-0.05, 0) is 36.6 Å². The van der Waals surface area contributed by atoms with Crippen molar-refractivity contribution in [3.63, 3.8) is 0 Å². The first-order chi connectivity index (χ1) is 12.1. The Labute approximate surface area is 147 Å². The van der Waals surface area contributed by atoms with Crippen LogP contribution in [0.5, 0.6) is 0 Å². The number of aryl methyl sites for hydroxylation is 2. The zero-order valence-electron chi connectivity index (χ0n) is 13.7. The number of oxazole rings is 2. The predicted molar refractivity (Wildman–Crippen MR) is 95.6 cm³/mol. The van der Waals surface area contributed by atoms with Gasteiger partial charge in [-0.3, -0.25) is 4.79 Å². The van der Waals surface area contributed by atoms with Gasteiger partial charge in [0.25, 0.3) is 0 Å². The third-order valence-electron chi connectivity index (χ3n) is 3.73. The second-order valence-corrected chi connectivity index (χ2v) is 6.59. The SMILES string of the molecule is Cc1nc2cc(NC(=O)Cc3nc(-c4cccs4)oc3C)ccc2o1. The molecule has 0 saturated heterocycles. The lowest BCUT2D eigenvalue weighted by atomic mass is 10.2. The molecule has 3 aromatic heterocycles. The van der Waals surface area contributed by atoms with E-state index in [4.69, 9.17) is 8.83 Å². The largest absolute Gasteiger partial charge is 0.441 e. The van der Waals surface area contributed by atoms with Crippen LogP contribution in [-0.2, 0) is 11.2 Å². The van der Waals surface area contributed by atoms with E-state index in [1.165, 1.54) is 0 Å². The Bertz CT molecular complexity index is 1050. The molecule has 1 amide bonds. The van der Waals surface area contributed by atoms with Gasteiger partial charge in [-0.2, -0.15) is 0 Å². The second kappa shape index (κ2) is 6.18. The normalized spacial score (nSPS) is 11.1. The maximum Gasteiger partial charge on any atom is 0.236 e. The van der Waals surface area contributed by atoms with E-state index in [1.807, 2.05) is 24.4 Å². The maximum absolute atomic E-state index is 12.3. The van der Waals surface area contributed by atoms with Crippen LogP contribution in [0.4, 0.5) is 5.69 Å². The summed E-state index contributed by atoms with van der Waals surface area (Å²) in [7, 11) is 0. The Morgan fingerprint density at radius 3 is 2.88 bits per heavy atom. The first-order valence-corrected chi connectivity index (χ1v) is 8.64. The molecule has 6 nitrogen and oxygen atoms in total. The third kappa shape index (κ3) is 3.18. The highest BCUT2D eigenvalue weighted by atomic mass is 32.1. The minimum absolute atomic E-state index is 0.149. The van der Waals surface area contributed by atoms with Crippen molar-refractivity contribution < 1.29 is 13.6 Å². The van der Waals surface area contributed by atoms with E-state index in [9.17, 15) is 4.79 Å². The van der Waals surface area contributed by atoms with Crippen molar-refractivity contribution in [2.45, 2.75) is 20.3 Å².